The Kier molecular flexibility index (Phi) is 3.99. The molecule has 0 amide bonds. The SMILES string of the molecule is N#Cc1ccn2c(CC3CCC(F)(F)CC3)c(C3(C(F)(F)F)CC3)nc2c1. The molecule has 0 radical (unpaired) electrons. The molecule has 0 aliphatic heterocycles. The molecule has 27 heavy (non-hydrogen) atoms. The number of hydrogen-bond donors (Lipinski definition) is 0. The number of imidazole rings is 1. The molecule has 2 aliphatic rings. The van der Waals surface area contributed by atoms with Crippen molar-refractivity contribution in [3.63, 3.8) is 0 Å². The second-order valence-electron chi connectivity index (χ2n) is 7.75. The van der Waals surface area contributed by atoms with Gasteiger partial charge in [0.15, 0.2) is 0 Å². The molecule has 2 aromatic rings. The maximum Gasteiger partial charge on any atom is 0.400 e. The van der Waals surface area contributed by atoms with Crippen molar-refractivity contribution in [2.75, 3.05) is 0 Å². The fourth-order valence-corrected chi connectivity index (χ4v) is 4.10. The zero-order valence-electron chi connectivity index (χ0n) is 14.5. The van der Waals surface area contributed by atoms with Crippen LogP contribution >= 0.6 is 0 Å². The highest BCUT2D eigenvalue weighted by Gasteiger charge is 2.66. The van der Waals surface area contributed by atoms with Crippen LogP contribution in [0.4, 0.5) is 22.0 Å². The highest BCUT2D eigenvalue weighted by atomic mass is 19.4. The molecule has 2 saturated carbocycles. The first kappa shape index (κ1) is 18.2. The highest BCUT2D eigenvalue weighted by Crippen LogP contribution is 2.59. The van der Waals surface area contributed by atoms with Gasteiger partial charge >= 0.3 is 6.18 Å². The average molecular weight is 383 g/mol. The van der Waals surface area contributed by atoms with Gasteiger partial charge in [0.1, 0.15) is 11.1 Å². The molecule has 0 unspecified atom stereocenters. The van der Waals surface area contributed by atoms with Crippen LogP contribution in [0.3, 0.4) is 0 Å². The van der Waals surface area contributed by atoms with Gasteiger partial charge in [0.2, 0.25) is 5.92 Å². The fraction of sp³-hybridized carbons (Fsp3) is 0.579. The summed E-state index contributed by atoms with van der Waals surface area (Å²) in [6, 6.07) is 4.96. The van der Waals surface area contributed by atoms with Gasteiger partial charge in [-0.2, -0.15) is 18.4 Å². The van der Waals surface area contributed by atoms with Crippen LogP contribution in [0.15, 0.2) is 18.3 Å². The van der Waals surface area contributed by atoms with E-state index in [1.165, 1.54) is 12.1 Å². The van der Waals surface area contributed by atoms with E-state index in [9.17, 15) is 22.0 Å². The van der Waals surface area contributed by atoms with Gasteiger partial charge in [-0.15, -0.1) is 0 Å². The first-order chi connectivity index (χ1) is 12.7. The largest absolute Gasteiger partial charge is 0.400 e. The van der Waals surface area contributed by atoms with Crippen molar-refractivity contribution < 1.29 is 22.0 Å². The van der Waals surface area contributed by atoms with Crippen molar-refractivity contribution in [3.05, 3.63) is 35.3 Å². The fourth-order valence-electron chi connectivity index (χ4n) is 4.10. The lowest BCUT2D eigenvalue weighted by Crippen LogP contribution is -2.31. The topological polar surface area (TPSA) is 41.1 Å². The summed E-state index contributed by atoms with van der Waals surface area (Å²) < 4.78 is 69.6. The number of halogens is 5. The first-order valence-corrected chi connectivity index (χ1v) is 9.01. The Hall–Kier alpha value is -2.17. The normalized spacial score (nSPS) is 21.9. The second-order valence-corrected chi connectivity index (χ2v) is 7.75. The van der Waals surface area contributed by atoms with Crippen molar-refractivity contribution in [1.29, 1.82) is 5.26 Å². The van der Waals surface area contributed by atoms with Crippen molar-refractivity contribution in [2.24, 2.45) is 5.92 Å². The molecular weight excluding hydrogens is 365 g/mol. The lowest BCUT2D eigenvalue weighted by atomic mass is 9.83. The average Bonchev–Trinajstić information content (AvgIpc) is 3.35. The summed E-state index contributed by atoms with van der Waals surface area (Å²) in [5.41, 5.74) is -0.878. The Labute approximate surface area is 152 Å². The van der Waals surface area contributed by atoms with E-state index >= 15 is 0 Å². The Balaban J connectivity index is 1.76. The molecule has 2 fully saturated rings. The standard InChI is InChI=1S/C19H18F5N3/c20-18(21)4-1-12(2-5-18)9-14-16(17(6-7-17)19(22,23)24)26-15-10-13(11-25)3-8-27(14)15/h3,8,10,12H,1-2,4-7,9H2. The summed E-state index contributed by atoms with van der Waals surface area (Å²) in [5, 5.41) is 9.05. The number of nitriles is 1. The van der Waals surface area contributed by atoms with Crippen molar-refractivity contribution in [3.8, 4) is 6.07 Å². The zero-order valence-corrected chi connectivity index (χ0v) is 14.5. The molecule has 0 N–H and O–H groups in total. The van der Waals surface area contributed by atoms with E-state index in [0.29, 0.717) is 16.9 Å². The lowest BCUT2D eigenvalue weighted by molar-refractivity contribution is -0.161. The quantitative estimate of drug-likeness (QED) is 0.687. The molecule has 0 spiro atoms. The summed E-state index contributed by atoms with van der Waals surface area (Å²) in [6.07, 6.45) is -2.47. The van der Waals surface area contributed by atoms with Crippen molar-refractivity contribution in [1.82, 2.24) is 9.38 Å². The van der Waals surface area contributed by atoms with E-state index in [1.54, 1.807) is 10.6 Å². The molecular formula is C19H18F5N3. The number of nitrogens with zero attached hydrogens (tertiary/aromatic N) is 3. The van der Waals surface area contributed by atoms with Crippen LogP contribution in [0.5, 0.6) is 0 Å². The third-order valence-electron chi connectivity index (χ3n) is 5.92. The third-order valence-corrected chi connectivity index (χ3v) is 5.92. The number of rotatable bonds is 3. The Morgan fingerprint density at radius 3 is 2.41 bits per heavy atom. The van der Waals surface area contributed by atoms with Crippen molar-refractivity contribution in [2.45, 2.75) is 62.5 Å². The van der Waals surface area contributed by atoms with Crippen LogP contribution in [-0.4, -0.2) is 21.5 Å². The smallest absolute Gasteiger partial charge is 0.304 e. The highest BCUT2D eigenvalue weighted by molar-refractivity contribution is 5.51. The van der Waals surface area contributed by atoms with Gasteiger partial charge in [-0.3, -0.25) is 0 Å². The Morgan fingerprint density at radius 1 is 1.19 bits per heavy atom. The zero-order chi connectivity index (χ0) is 19.4. The molecule has 0 aromatic carbocycles. The van der Waals surface area contributed by atoms with Gasteiger partial charge in [0, 0.05) is 24.7 Å². The predicted molar refractivity (Wildman–Crippen MR) is 87.5 cm³/mol. The molecule has 2 heterocycles. The number of pyridine rings is 1. The number of hydrogen-bond acceptors (Lipinski definition) is 2. The van der Waals surface area contributed by atoms with Gasteiger partial charge in [0.25, 0.3) is 0 Å². The summed E-state index contributed by atoms with van der Waals surface area (Å²) in [6.45, 7) is 0. The van der Waals surface area contributed by atoms with Gasteiger partial charge in [-0.1, -0.05) is 0 Å². The lowest BCUT2D eigenvalue weighted by Gasteiger charge is -2.29. The van der Waals surface area contributed by atoms with Gasteiger partial charge < -0.3 is 4.40 Å². The first-order valence-electron chi connectivity index (χ1n) is 9.01. The molecule has 0 saturated heterocycles. The molecule has 2 aliphatic carbocycles. The molecule has 3 nitrogen and oxygen atoms in total. The van der Waals surface area contributed by atoms with Gasteiger partial charge in [-0.25, -0.2) is 13.8 Å². The molecule has 144 valence electrons. The van der Waals surface area contributed by atoms with E-state index in [0.717, 1.165) is 0 Å². The molecule has 0 atom stereocenters. The van der Waals surface area contributed by atoms with Crippen LogP contribution in [0.2, 0.25) is 0 Å². The summed E-state index contributed by atoms with van der Waals surface area (Å²) in [4.78, 5) is 4.26. The van der Waals surface area contributed by atoms with Gasteiger partial charge in [0.05, 0.1) is 17.3 Å². The van der Waals surface area contributed by atoms with E-state index in [4.69, 9.17) is 5.26 Å². The van der Waals surface area contributed by atoms with E-state index in [2.05, 4.69) is 4.98 Å². The maximum absolute atomic E-state index is 13.7. The monoisotopic (exact) mass is 383 g/mol. The minimum absolute atomic E-state index is 0.00224. The van der Waals surface area contributed by atoms with Crippen LogP contribution in [0.1, 0.15) is 55.5 Å². The van der Waals surface area contributed by atoms with Crippen LogP contribution in [0, 0.1) is 17.2 Å². The summed E-state index contributed by atoms with van der Waals surface area (Å²) >= 11 is 0. The maximum atomic E-state index is 13.7. The van der Waals surface area contributed by atoms with Crippen LogP contribution in [-0.2, 0) is 11.8 Å². The van der Waals surface area contributed by atoms with Gasteiger partial charge in [-0.05, 0) is 50.2 Å². The molecule has 8 heteroatoms. The summed E-state index contributed by atoms with van der Waals surface area (Å²) in [5.74, 6) is -2.77. The number of aromatic nitrogens is 2. The van der Waals surface area contributed by atoms with Crippen molar-refractivity contribution >= 4 is 5.65 Å². The Morgan fingerprint density at radius 2 is 1.85 bits per heavy atom. The second kappa shape index (κ2) is 5.91. The molecule has 2 aromatic heterocycles. The minimum atomic E-state index is -4.41. The van der Waals surface area contributed by atoms with Crippen LogP contribution < -0.4 is 0 Å². The Bertz CT molecular complexity index is 908. The van der Waals surface area contributed by atoms with Crippen LogP contribution in [0.25, 0.3) is 5.65 Å². The van der Waals surface area contributed by atoms with E-state index in [1.807, 2.05) is 6.07 Å². The third kappa shape index (κ3) is 3.07. The predicted octanol–water partition coefficient (Wildman–Crippen LogP) is 5.17. The number of alkyl halides is 5. The molecule has 0 bridgehead atoms. The molecule has 4 rings (SSSR count). The summed E-state index contributed by atoms with van der Waals surface area (Å²) in [7, 11) is 0. The van der Waals surface area contributed by atoms with E-state index in [-0.39, 0.29) is 56.6 Å². The van der Waals surface area contributed by atoms with E-state index < -0.39 is 17.5 Å². The minimum Gasteiger partial charge on any atom is -0.304 e. The number of fused-ring (bicyclic) bond motifs is 1.